The summed E-state index contributed by atoms with van der Waals surface area (Å²) in [5, 5.41) is 15.6. The van der Waals surface area contributed by atoms with Crippen LogP contribution in [0.5, 0.6) is 5.75 Å². The monoisotopic (exact) mass is 403 g/mol. The fraction of sp³-hybridized carbons (Fsp3) is 0.261. The predicted octanol–water partition coefficient (Wildman–Crippen LogP) is 4.53. The molecule has 30 heavy (non-hydrogen) atoms. The van der Waals surface area contributed by atoms with Crippen molar-refractivity contribution in [2.75, 3.05) is 24.8 Å². The van der Waals surface area contributed by atoms with Gasteiger partial charge in [-0.2, -0.15) is 10.2 Å². The Morgan fingerprint density at radius 1 is 1.17 bits per heavy atom. The number of hydrogen-bond acceptors (Lipinski definition) is 6. The number of halogens is 1. The van der Waals surface area contributed by atoms with Crippen molar-refractivity contribution in [2.24, 2.45) is 0 Å². The molecule has 0 fully saturated rings. The van der Waals surface area contributed by atoms with Crippen LogP contribution >= 0.6 is 0 Å². The Morgan fingerprint density at radius 2 is 1.93 bits per heavy atom. The van der Waals surface area contributed by atoms with Gasteiger partial charge in [0.15, 0.2) is 0 Å². The van der Waals surface area contributed by atoms with Gasteiger partial charge in [0.2, 0.25) is 5.95 Å². The van der Waals surface area contributed by atoms with Gasteiger partial charge in [0.05, 0.1) is 18.4 Å². The van der Waals surface area contributed by atoms with Crippen LogP contribution in [-0.4, -0.2) is 24.1 Å². The molecule has 7 heteroatoms. The Morgan fingerprint density at radius 3 is 2.60 bits per heavy atom. The molecule has 0 radical (unpaired) electrons. The first-order valence-corrected chi connectivity index (χ1v) is 9.69. The summed E-state index contributed by atoms with van der Waals surface area (Å²) < 4.78 is 18.7. The van der Waals surface area contributed by atoms with Crippen LogP contribution in [0.15, 0.2) is 42.5 Å². The van der Waals surface area contributed by atoms with Crippen molar-refractivity contribution in [3.05, 3.63) is 70.7 Å². The SMILES string of the molecule is CNc1nc(Nc2ccc(C#N)c(OC)c2)nc2c1CCC2(C)c1ccc(F)cc1. The average Bonchev–Trinajstić information content (AvgIpc) is 3.11. The topological polar surface area (TPSA) is 82.9 Å². The van der Waals surface area contributed by atoms with Crippen molar-refractivity contribution in [3.63, 3.8) is 0 Å². The molecule has 0 saturated carbocycles. The van der Waals surface area contributed by atoms with E-state index in [0.717, 1.165) is 35.5 Å². The van der Waals surface area contributed by atoms with Crippen molar-refractivity contribution in [3.8, 4) is 11.8 Å². The number of anilines is 3. The van der Waals surface area contributed by atoms with E-state index in [1.54, 1.807) is 18.2 Å². The molecule has 1 atom stereocenters. The van der Waals surface area contributed by atoms with Crippen LogP contribution in [0.4, 0.5) is 21.8 Å². The Labute approximate surface area is 174 Å². The fourth-order valence-corrected chi connectivity index (χ4v) is 4.02. The molecule has 2 aromatic carbocycles. The first-order chi connectivity index (χ1) is 14.5. The summed E-state index contributed by atoms with van der Waals surface area (Å²) in [6.07, 6.45) is 1.70. The normalized spacial score (nSPS) is 17.2. The van der Waals surface area contributed by atoms with Gasteiger partial charge < -0.3 is 15.4 Å². The number of methoxy groups -OCH3 is 1. The molecule has 0 amide bonds. The molecule has 1 aromatic heterocycles. The van der Waals surface area contributed by atoms with Crippen molar-refractivity contribution >= 4 is 17.5 Å². The second-order valence-corrected chi connectivity index (χ2v) is 7.46. The number of aromatic nitrogens is 2. The highest BCUT2D eigenvalue weighted by Crippen LogP contribution is 2.45. The Hall–Kier alpha value is -3.66. The molecule has 1 aliphatic carbocycles. The molecule has 3 aromatic rings. The van der Waals surface area contributed by atoms with Crippen LogP contribution in [0.3, 0.4) is 0 Å². The van der Waals surface area contributed by atoms with E-state index in [9.17, 15) is 9.65 Å². The summed E-state index contributed by atoms with van der Waals surface area (Å²) in [7, 11) is 3.36. The molecule has 0 saturated heterocycles. The number of nitriles is 1. The molecule has 4 rings (SSSR count). The van der Waals surface area contributed by atoms with Gasteiger partial charge in [0, 0.05) is 29.8 Å². The van der Waals surface area contributed by atoms with E-state index in [1.807, 2.05) is 19.2 Å². The summed E-state index contributed by atoms with van der Waals surface area (Å²) in [4.78, 5) is 9.48. The largest absolute Gasteiger partial charge is 0.495 e. The van der Waals surface area contributed by atoms with Crippen molar-refractivity contribution in [2.45, 2.75) is 25.2 Å². The van der Waals surface area contributed by atoms with E-state index in [2.05, 4.69) is 28.6 Å². The van der Waals surface area contributed by atoms with Crippen LogP contribution in [0.1, 0.15) is 35.7 Å². The average molecular weight is 403 g/mol. The van der Waals surface area contributed by atoms with E-state index < -0.39 is 0 Å². The van der Waals surface area contributed by atoms with E-state index >= 15 is 0 Å². The number of nitrogens with zero attached hydrogens (tertiary/aromatic N) is 3. The lowest BCUT2D eigenvalue weighted by molar-refractivity contribution is 0.413. The molecule has 1 heterocycles. The maximum atomic E-state index is 13.5. The van der Waals surface area contributed by atoms with E-state index in [4.69, 9.17) is 9.72 Å². The molecule has 1 aliphatic rings. The van der Waals surface area contributed by atoms with Crippen molar-refractivity contribution in [1.82, 2.24) is 9.97 Å². The molecule has 0 spiro atoms. The standard InChI is InChI=1S/C23H22FN5O/c1-23(15-5-7-16(24)8-6-15)11-10-18-20(23)28-22(29-21(18)26-2)27-17-9-4-14(13-25)19(12-17)30-3/h4-9,12H,10-11H2,1-3H3,(H2,26,27,28,29). The number of nitrogens with one attached hydrogen (secondary N) is 2. The first-order valence-electron chi connectivity index (χ1n) is 9.69. The minimum atomic E-state index is -0.337. The summed E-state index contributed by atoms with van der Waals surface area (Å²) in [5.41, 5.74) is 3.86. The second-order valence-electron chi connectivity index (χ2n) is 7.46. The minimum absolute atomic E-state index is 0.253. The van der Waals surface area contributed by atoms with Crippen LogP contribution in [0.25, 0.3) is 0 Å². The van der Waals surface area contributed by atoms with Crippen LogP contribution in [0.2, 0.25) is 0 Å². The summed E-state index contributed by atoms with van der Waals surface area (Å²) in [6, 6.07) is 13.9. The zero-order valence-corrected chi connectivity index (χ0v) is 17.1. The molecule has 1 unspecified atom stereocenters. The van der Waals surface area contributed by atoms with Crippen LogP contribution in [-0.2, 0) is 11.8 Å². The van der Waals surface area contributed by atoms with Crippen LogP contribution < -0.4 is 15.4 Å². The minimum Gasteiger partial charge on any atom is -0.495 e. The highest BCUT2D eigenvalue weighted by Gasteiger charge is 2.39. The molecular weight excluding hydrogens is 381 g/mol. The quantitative estimate of drug-likeness (QED) is 0.651. The Kier molecular flexibility index (Phi) is 5.00. The van der Waals surface area contributed by atoms with E-state index in [-0.39, 0.29) is 11.2 Å². The lowest BCUT2D eigenvalue weighted by Gasteiger charge is -2.25. The molecule has 152 valence electrons. The second kappa shape index (κ2) is 7.64. The van der Waals surface area contributed by atoms with Gasteiger partial charge in [-0.05, 0) is 49.6 Å². The van der Waals surface area contributed by atoms with Crippen molar-refractivity contribution < 1.29 is 9.13 Å². The van der Waals surface area contributed by atoms with Gasteiger partial charge in [-0.25, -0.2) is 9.37 Å². The van der Waals surface area contributed by atoms with Gasteiger partial charge in [0.25, 0.3) is 0 Å². The number of rotatable bonds is 5. The van der Waals surface area contributed by atoms with Gasteiger partial charge in [-0.3, -0.25) is 0 Å². The number of benzene rings is 2. The highest BCUT2D eigenvalue weighted by molar-refractivity contribution is 5.63. The van der Waals surface area contributed by atoms with E-state index in [1.165, 1.54) is 19.2 Å². The smallest absolute Gasteiger partial charge is 0.229 e. The third kappa shape index (κ3) is 3.30. The number of ether oxygens (including phenoxy) is 1. The number of fused-ring (bicyclic) bond motifs is 1. The highest BCUT2D eigenvalue weighted by atomic mass is 19.1. The lowest BCUT2D eigenvalue weighted by atomic mass is 9.80. The third-order valence-corrected chi connectivity index (χ3v) is 5.70. The maximum Gasteiger partial charge on any atom is 0.229 e. The maximum absolute atomic E-state index is 13.5. The van der Waals surface area contributed by atoms with Gasteiger partial charge >= 0.3 is 0 Å². The molecule has 0 aliphatic heterocycles. The molecule has 2 N–H and O–H groups in total. The van der Waals surface area contributed by atoms with Gasteiger partial charge in [0.1, 0.15) is 23.5 Å². The summed E-state index contributed by atoms with van der Waals surface area (Å²) in [5.74, 6) is 1.44. The van der Waals surface area contributed by atoms with Crippen molar-refractivity contribution in [1.29, 1.82) is 5.26 Å². The molecule has 0 bridgehead atoms. The zero-order chi connectivity index (χ0) is 21.3. The summed E-state index contributed by atoms with van der Waals surface area (Å²) >= 11 is 0. The van der Waals surface area contributed by atoms with Gasteiger partial charge in [-0.1, -0.05) is 12.1 Å². The Balaban J connectivity index is 1.76. The predicted molar refractivity (Wildman–Crippen MR) is 114 cm³/mol. The van der Waals surface area contributed by atoms with E-state index in [0.29, 0.717) is 22.9 Å². The first kappa shape index (κ1) is 19.6. The molecule has 6 nitrogen and oxygen atoms in total. The third-order valence-electron chi connectivity index (χ3n) is 5.70. The summed E-state index contributed by atoms with van der Waals surface area (Å²) in [6.45, 7) is 2.13. The van der Waals surface area contributed by atoms with Gasteiger partial charge in [-0.15, -0.1) is 0 Å². The zero-order valence-electron chi connectivity index (χ0n) is 17.1. The van der Waals surface area contributed by atoms with Crippen LogP contribution in [0, 0.1) is 17.1 Å². The number of hydrogen-bond donors (Lipinski definition) is 2. The lowest BCUT2D eigenvalue weighted by Crippen LogP contribution is -2.22. The molecular formula is C23H22FN5O. The Bertz CT molecular complexity index is 1140. The fourth-order valence-electron chi connectivity index (χ4n) is 4.02.